The van der Waals surface area contributed by atoms with Gasteiger partial charge in [-0.2, -0.15) is 5.26 Å². The minimum Gasteiger partial charge on any atom is -0.494 e. The summed E-state index contributed by atoms with van der Waals surface area (Å²) in [6, 6.07) is 8.72. The Bertz CT molecular complexity index is 881. The van der Waals surface area contributed by atoms with Crippen LogP contribution in [0.4, 0.5) is 5.00 Å². The number of nitrogens with one attached hydrogen (secondary N) is 1. The molecule has 6 nitrogen and oxygen atoms in total. The monoisotopic (exact) mass is 384 g/mol. The second-order valence-corrected chi connectivity index (χ2v) is 7.21. The number of hydrogen-bond donors (Lipinski definition) is 1. The first-order valence-corrected chi connectivity index (χ1v) is 9.68. The zero-order valence-corrected chi connectivity index (χ0v) is 15.9. The molecule has 0 saturated heterocycles. The second kappa shape index (κ2) is 8.69. The molecule has 0 fully saturated rings. The summed E-state index contributed by atoms with van der Waals surface area (Å²) in [5.74, 6) is -0.374. The third-order valence-corrected chi connectivity index (χ3v) is 5.48. The highest BCUT2D eigenvalue weighted by Crippen LogP contribution is 2.37. The van der Waals surface area contributed by atoms with Crippen molar-refractivity contribution in [2.45, 2.75) is 32.6 Å². The van der Waals surface area contributed by atoms with Gasteiger partial charge in [-0.1, -0.05) is 0 Å². The number of anilines is 1. The van der Waals surface area contributed by atoms with Crippen LogP contribution in [0.3, 0.4) is 0 Å². The summed E-state index contributed by atoms with van der Waals surface area (Å²) in [4.78, 5) is 25.4. The van der Waals surface area contributed by atoms with Crippen molar-refractivity contribution in [3.8, 4) is 11.8 Å². The lowest BCUT2D eigenvalue weighted by atomic mass is 9.96. The van der Waals surface area contributed by atoms with Gasteiger partial charge in [-0.3, -0.25) is 4.79 Å². The normalized spacial score (nSPS) is 12.6. The standard InChI is InChI=1S/C20H20N2O4S/c1-2-25-14-9-7-13(8-10-14)20(24)26-12-18(23)22-19-16(11-21)15-5-3-4-6-17(15)27-19/h7-10H,2-6,12H2,1H3,(H,22,23). The number of carbonyl (C=O) groups excluding carboxylic acids is 2. The molecule has 140 valence electrons. The second-order valence-electron chi connectivity index (χ2n) is 6.11. The molecular formula is C20H20N2O4S. The van der Waals surface area contributed by atoms with E-state index in [1.165, 1.54) is 16.2 Å². The number of thiophene rings is 1. The summed E-state index contributed by atoms with van der Waals surface area (Å²) in [6.07, 6.45) is 3.98. The highest BCUT2D eigenvalue weighted by Gasteiger charge is 2.22. The number of nitrogens with zero attached hydrogens (tertiary/aromatic N) is 1. The minimum absolute atomic E-state index is 0.343. The van der Waals surface area contributed by atoms with E-state index >= 15 is 0 Å². The van der Waals surface area contributed by atoms with Crippen LogP contribution in [0.25, 0.3) is 0 Å². The van der Waals surface area contributed by atoms with Gasteiger partial charge >= 0.3 is 5.97 Å². The van der Waals surface area contributed by atoms with Crippen LogP contribution in [-0.4, -0.2) is 25.1 Å². The summed E-state index contributed by atoms with van der Waals surface area (Å²) in [7, 11) is 0. The van der Waals surface area contributed by atoms with Gasteiger partial charge in [0.15, 0.2) is 6.61 Å². The number of amides is 1. The maximum Gasteiger partial charge on any atom is 0.338 e. The summed E-state index contributed by atoms with van der Waals surface area (Å²) in [6.45, 7) is 2.02. The molecule has 0 aliphatic heterocycles. The van der Waals surface area contributed by atoms with Gasteiger partial charge in [0.1, 0.15) is 16.8 Å². The van der Waals surface area contributed by atoms with Crippen LogP contribution in [0.5, 0.6) is 5.75 Å². The molecule has 2 aromatic rings. The van der Waals surface area contributed by atoms with E-state index in [1.54, 1.807) is 24.3 Å². The molecule has 1 heterocycles. The lowest BCUT2D eigenvalue weighted by Gasteiger charge is -2.09. The Balaban J connectivity index is 1.58. The van der Waals surface area contributed by atoms with E-state index in [9.17, 15) is 14.9 Å². The number of nitriles is 1. The van der Waals surface area contributed by atoms with E-state index in [4.69, 9.17) is 9.47 Å². The van der Waals surface area contributed by atoms with Crippen LogP contribution in [0.2, 0.25) is 0 Å². The van der Waals surface area contributed by atoms with Gasteiger partial charge in [0.2, 0.25) is 0 Å². The zero-order valence-electron chi connectivity index (χ0n) is 15.0. The predicted octanol–water partition coefficient (Wildman–Crippen LogP) is 3.69. The topological polar surface area (TPSA) is 88.4 Å². The lowest BCUT2D eigenvalue weighted by Crippen LogP contribution is -2.20. The molecule has 3 rings (SSSR count). The smallest absolute Gasteiger partial charge is 0.338 e. The highest BCUT2D eigenvalue weighted by atomic mass is 32.1. The molecule has 1 aliphatic rings. The van der Waals surface area contributed by atoms with Crippen molar-refractivity contribution in [2.24, 2.45) is 0 Å². The quantitative estimate of drug-likeness (QED) is 0.767. The van der Waals surface area contributed by atoms with Crippen molar-refractivity contribution in [3.05, 3.63) is 45.8 Å². The highest BCUT2D eigenvalue weighted by molar-refractivity contribution is 7.16. The van der Waals surface area contributed by atoms with Crippen LogP contribution in [0.1, 0.15) is 46.1 Å². The van der Waals surface area contributed by atoms with Gasteiger partial charge in [0, 0.05) is 4.88 Å². The third-order valence-electron chi connectivity index (χ3n) is 4.27. The molecule has 0 saturated carbocycles. The Kier molecular flexibility index (Phi) is 6.09. The molecule has 0 radical (unpaired) electrons. The molecule has 7 heteroatoms. The van der Waals surface area contributed by atoms with Gasteiger partial charge in [0.05, 0.1) is 17.7 Å². The summed E-state index contributed by atoms with van der Waals surface area (Å²) >= 11 is 1.44. The van der Waals surface area contributed by atoms with Crippen molar-refractivity contribution in [3.63, 3.8) is 0 Å². The van der Waals surface area contributed by atoms with Gasteiger partial charge < -0.3 is 14.8 Å². The van der Waals surface area contributed by atoms with E-state index in [-0.39, 0.29) is 0 Å². The van der Waals surface area contributed by atoms with Crippen molar-refractivity contribution >= 4 is 28.2 Å². The van der Waals surface area contributed by atoms with E-state index in [0.717, 1.165) is 31.2 Å². The third kappa shape index (κ3) is 4.47. The van der Waals surface area contributed by atoms with E-state index in [2.05, 4.69) is 11.4 Å². The molecule has 27 heavy (non-hydrogen) atoms. The van der Waals surface area contributed by atoms with E-state index < -0.39 is 18.5 Å². The fourth-order valence-corrected chi connectivity index (χ4v) is 4.26. The first-order chi connectivity index (χ1) is 13.1. The first-order valence-electron chi connectivity index (χ1n) is 8.86. The van der Waals surface area contributed by atoms with Gasteiger partial charge in [-0.05, 0) is 62.4 Å². The van der Waals surface area contributed by atoms with Crippen LogP contribution >= 0.6 is 11.3 Å². The lowest BCUT2D eigenvalue weighted by molar-refractivity contribution is -0.119. The molecule has 0 atom stereocenters. The maximum atomic E-state index is 12.2. The Morgan fingerprint density at radius 1 is 1.22 bits per heavy atom. The van der Waals surface area contributed by atoms with Gasteiger partial charge in [-0.25, -0.2) is 4.79 Å². The van der Waals surface area contributed by atoms with Crippen molar-refractivity contribution in [1.82, 2.24) is 0 Å². The minimum atomic E-state index is -0.584. The number of fused-ring (bicyclic) bond motifs is 1. The largest absolute Gasteiger partial charge is 0.494 e. The van der Waals surface area contributed by atoms with E-state index in [1.807, 2.05) is 6.92 Å². The Hall–Kier alpha value is -2.85. The number of rotatable bonds is 6. The average molecular weight is 384 g/mol. The first kappa shape index (κ1) is 18.9. The summed E-state index contributed by atoms with van der Waals surface area (Å²) in [5.41, 5.74) is 1.94. The Morgan fingerprint density at radius 3 is 2.67 bits per heavy atom. The average Bonchev–Trinajstić information content (AvgIpc) is 3.03. The zero-order chi connectivity index (χ0) is 19.2. The number of ether oxygens (including phenoxy) is 2. The predicted molar refractivity (Wildman–Crippen MR) is 102 cm³/mol. The molecule has 0 spiro atoms. The number of esters is 1. The maximum absolute atomic E-state index is 12.2. The molecule has 1 amide bonds. The van der Waals surface area contributed by atoms with Crippen molar-refractivity contribution in [1.29, 1.82) is 5.26 Å². The molecular weight excluding hydrogens is 364 g/mol. The van der Waals surface area contributed by atoms with Crippen LogP contribution in [0, 0.1) is 11.3 Å². The van der Waals surface area contributed by atoms with Crippen LogP contribution in [-0.2, 0) is 22.4 Å². The molecule has 1 aromatic carbocycles. The Morgan fingerprint density at radius 2 is 1.96 bits per heavy atom. The summed E-state index contributed by atoms with van der Waals surface area (Å²) in [5, 5.41) is 12.7. The molecule has 0 bridgehead atoms. The Labute approximate surface area is 161 Å². The number of hydrogen-bond acceptors (Lipinski definition) is 6. The molecule has 0 unspecified atom stereocenters. The van der Waals surface area contributed by atoms with Gasteiger partial charge in [-0.15, -0.1) is 11.3 Å². The molecule has 1 N–H and O–H groups in total. The van der Waals surface area contributed by atoms with Crippen LogP contribution < -0.4 is 10.1 Å². The van der Waals surface area contributed by atoms with Gasteiger partial charge in [0.25, 0.3) is 5.91 Å². The molecule has 1 aliphatic carbocycles. The van der Waals surface area contributed by atoms with Crippen LogP contribution in [0.15, 0.2) is 24.3 Å². The number of carbonyl (C=O) groups is 2. The fraction of sp³-hybridized carbons (Fsp3) is 0.350. The molecule has 1 aromatic heterocycles. The summed E-state index contributed by atoms with van der Waals surface area (Å²) < 4.78 is 10.4. The number of benzene rings is 1. The fourth-order valence-electron chi connectivity index (χ4n) is 3.00. The van der Waals surface area contributed by atoms with Crippen molar-refractivity contribution in [2.75, 3.05) is 18.5 Å². The van der Waals surface area contributed by atoms with E-state index in [0.29, 0.717) is 28.5 Å². The SMILES string of the molecule is CCOc1ccc(C(=O)OCC(=O)Nc2sc3c(c2C#N)CCCC3)cc1. The van der Waals surface area contributed by atoms with Crippen molar-refractivity contribution < 1.29 is 19.1 Å². The number of aryl methyl sites for hydroxylation is 1.